The second-order valence-corrected chi connectivity index (χ2v) is 6.25. The fraction of sp³-hybridized carbons (Fsp3) is 0.471. The van der Waals surface area contributed by atoms with Crippen LogP contribution in [0, 0.1) is 0 Å². The van der Waals surface area contributed by atoms with Gasteiger partial charge in [-0.2, -0.15) is 0 Å². The first-order valence-corrected chi connectivity index (χ1v) is 7.82. The molecule has 0 unspecified atom stereocenters. The van der Waals surface area contributed by atoms with Gasteiger partial charge in [0.25, 0.3) is 0 Å². The van der Waals surface area contributed by atoms with Crippen LogP contribution in [0.25, 0.3) is 10.9 Å². The topological polar surface area (TPSA) is 40.5 Å². The molecule has 1 aromatic heterocycles. The van der Waals surface area contributed by atoms with Crippen LogP contribution in [-0.2, 0) is 7.05 Å². The Kier molecular flexibility index (Phi) is 4.07. The number of aryl methyl sites for hydroxylation is 1. The molecule has 118 valence electrons. The van der Waals surface area contributed by atoms with Crippen molar-refractivity contribution < 1.29 is 4.79 Å². The summed E-state index contributed by atoms with van der Waals surface area (Å²) >= 11 is 0. The lowest BCUT2D eigenvalue weighted by molar-refractivity contribution is 0.156. The van der Waals surface area contributed by atoms with Crippen LogP contribution in [0.4, 0.5) is 10.5 Å². The van der Waals surface area contributed by atoms with Crippen molar-refractivity contribution in [2.75, 3.05) is 32.5 Å². The first-order valence-electron chi connectivity index (χ1n) is 7.82. The van der Waals surface area contributed by atoms with Crippen molar-refractivity contribution in [1.29, 1.82) is 0 Å². The van der Waals surface area contributed by atoms with Crippen LogP contribution in [0.2, 0.25) is 0 Å². The summed E-state index contributed by atoms with van der Waals surface area (Å²) in [5.74, 6) is 0. The first kappa shape index (κ1) is 14.9. The zero-order chi connectivity index (χ0) is 15.7. The van der Waals surface area contributed by atoms with Crippen molar-refractivity contribution in [3.05, 3.63) is 30.5 Å². The van der Waals surface area contributed by atoms with Crippen LogP contribution in [0.1, 0.15) is 12.8 Å². The van der Waals surface area contributed by atoms with Crippen molar-refractivity contribution in [1.82, 2.24) is 14.4 Å². The number of benzene rings is 1. The molecule has 0 aliphatic carbocycles. The van der Waals surface area contributed by atoms with Crippen molar-refractivity contribution in [2.24, 2.45) is 7.05 Å². The largest absolute Gasteiger partial charge is 0.348 e. The summed E-state index contributed by atoms with van der Waals surface area (Å²) in [4.78, 5) is 16.7. The maximum atomic E-state index is 12.5. The van der Waals surface area contributed by atoms with Gasteiger partial charge in [-0.15, -0.1) is 0 Å². The molecule has 22 heavy (non-hydrogen) atoms. The van der Waals surface area contributed by atoms with E-state index in [1.165, 1.54) is 0 Å². The number of para-hydroxylation sites is 1. The zero-order valence-corrected chi connectivity index (χ0v) is 13.5. The number of urea groups is 1. The van der Waals surface area contributed by atoms with E-state index in [9.17, 15) is 4.79 Å². The minimum atomic E-state index is -0.0223. The summed E-state index contributed by atoms with van der Waals surface area (Å²) in [6, 6.07) is 8.42. The van der Waals surface area contributed by atoms with Gasteiger partial charge in [-0.1, -0.05) is 18.2 Å². The fourth-order valence-electron chi connectivity index (χ4n) is 3.19. The lowest BCUT2D eigenvalue weighted by atomic mass is 10.0. The summed E-state index contributed by atoms with van der Waals surface area (Å²) in [6.07, 6.45) is 4.05. The molecular formula is C17H24N4O. The Bertz CT molecular complexity index is 670. The molecule has 2 heterocycles. The second-order valence-electron chi connectivity index (χ2n) is 6.25. The summed E-state index contributed by atoms with van der Waals surface area (Å²) in [5, 5.41) is 4.15. The lowest BCUT2D eigenvalue weighted by Crippen LogP contribution is -2.46. The fourth-order valence-corrected chi connectivity index (χ4v) is 3.19. The minimum Gasteiger partial charge on any atom is -0.348 e. The molecule has 5 heteroatoms. The number of nitrogens with zero attached hydrogens (tertiary/aromatic N) is 3. The van der Waals surface area contributed by atoms with Crippen LogP contribution in [0.15, 0.2) is 30.5 Å². The number of hydrogen-bond donors (Lipinski definition) is 1. The predicted molar refractivity (Wildman–Crippen MR) is 90.2 cm³/mol. The Morgan fingerprint density at radius 1 is 1.23 bits per heavy atom. The highest BCUT2D eigenvalue weighted by Crippen LogP contribution is 2.25. The van der Waals surface area contributed by atoms with Gasteiger partial charge in [-0.05, 0) is 39.0 Å². The van der Waals surface area contributed by atoms with Gasteiger partial charge in [0.2, 0.25) is 0 Å². The first-order chi connectivity index (χ1) is 10.6. The molecule has 0 saturated carbocycles. The van der Waals surface area contributed by atoms with E-state index in [1.54, 1.807) is 0 Å². The van der Waals surface area contributed by atoms with E-state index in [0.717, 1.165) is 42.5 Å². The Balaban J connectivity index is 1.73. The average molecular weight is 300 g/mol. The van der Waals surface area contributed by atoms with Crippen LogP contribution in [0.5, 0.6) is 0 Å². The number of nitrogens with one attached hydrogen (secondary N) is 1. The molecular weight excluding hydrogens is 276 g/mol. The van der Waals surface area contributed by atoms with Gasteiger partial charge < -0.3 is 19.7 Å². The average Bonchev–Trinajstić information content (AvgIpc) is 2.84. The molecule has 2 aromatic rings. The van der Waals surface area contributed by atoms with E-state index in [4.69, 9.17) is 0 Å². The summed E-state index contributed by atoms with van der Waals surface area (Å²) in [6.45, 7) is 2.10. The van der Waals surface area contributed by atoms with Gasteiger partial charge >= 0.3 is 6.03 Å². The number of carbonyl (C=O) groups is 1. The SMILES string of the molecule is CN1CCC(N(C)C(=O)Nc2cn(C)c3ccccc23)CC1. The van der Waals surface area contributed by atoms with E-state index in [0.29, 0.717) is 6.04 Å². The standard InChI is InChI=1S/C17H24N4O/c1-19-10-8-13(9-11-19)21(3)17(22)18-15-12-20(2)16-7-5-4-6-14(15)16/h4-7,12-13H,8-11H2,1-3H3,(H,18,22). The molecule has 2 amide bonds. The quantitative estimate of drug-likeness (QED) is 0.926. The number of piperidine rings is 1. The van der Waals surface area contributed by atoms with Gasteiger partial charge in [0.15, 0.2) is 0 Å². The molecule has 1 aliphatic heterocycles. The number of hydrogen-bond acceptors (Lipinski definition) is 2. The zero-order valence-electron chi connectivity index (χ0n) is 13.5. The minimum absolute atomic E-state index is 0.0223. The highest BCUT2D eigenvalue weighted by molar-refractivity contribution is 6.01. The highest BCUT2D eigenvalue weighted by atomic mass is 16.2. The van der Waals surface area contributed by atoms with Gasteiger partial charge in [0.05, 0.1) is 5.69 Å². The van der Waals surface area contributed by atoms with Crippen molar-refractivity contribution in [3.8, 4) is 0 Å². The van der Waals surface area contributed by atoms with E-state index >= 15 is 0 Å². The van der Waals surface area contributed by atoms with Gasteiger partial charge in [0, 0.05) is 37.2 Å². The number of fused-ring (bicyclic) bond motifs is 1. The van der Waals surface area contributed by atoms with Crippen LogP contribution >= 0.6 is 0 Å². The number of rotatable bonds is 2. The van der Waals surface area contributed by atoms with Gasteiger partial charge in [-0.25, -0.2) is 4.79 Å². The second kappa shape index (κ2) is 6.01. The lowest BCUT2D eigenvalue weighted by Gasteiger charge is -2.35. The Morgan fingerprint density at radius 3 is 2.64 bits per heavy atom. The van der Waals surface area contributed by atoms with E-state index < -0.39 is 0 Å². The third-order valence-corrected chi connectivity index (χ3v) is 4.69. The van der Waals surface area contributed by atoms with Gasteiger partial charge in [0.1, 0.15) is 0 Å². The molecule has 1 fully saturated rings. The Morgan fingerprint density at radius 2 is 1.91 bits per heavy atom. The van der Waals surface area contributed by atoms with E-state index in [2.05, 4.69) is 23.3 Å². The summed E-state index contributed by atoms with van der Waals surface area (Å²) in [5.41, 5.74) is 2.00. The van der Waals surface area contributed by atoms with Crippen LogP contribution in [-0.4, -0.2) is 53.6 Å². The third-order valence-electron chi connectivity index (χ3n) is 4.69. The molecule has 1 N–H and O–H groups in total. The van der Waals surface area contributed by atoms with Crippen molar-refractivity contribution in [2.45, 2.75) is 18.9 Å². The molecule has 0 bridgehead atoms. The summed E-state index contributed by atoms with van der Waals surface area (Å²) in [7, 11) is 6.03. The molecule has 1 saturated heterocycles. The van der Waals surface area contributed by atoms with Gasteiger partial charge in [-0.3, -0.25) is 0 Å². The maximum Gasteiger partial charge on any atom is 0.321 e. The normalized spacial score (nSPS) is 16.9. The Labute approximate surface area is 131 Å². The number of carbonyl (C=O) groups excluding carboxylic acids is 1. The highest BCUT2D eigenvalue weighted by Gasteiger charge is 2.24. The third kappa shape index (κ3) is 2.81. The van der Waals surface area contributed by atoms with Crippen molar-refractivity contribution in [3.63, 3.8) is 0 Å². The van der Waals surface area contributed by atoms with Crippen LogP contribution < -0.4 is 5.32 Å². The van der Waals surface area contributed by atoms with E-state index in [-0.39, 0.29) is 6.03 Å². The molecule has 1 aliphatic rings. The summed E-state index contributed by atoms with van der Waals surface area (Å²) < 4.78 is 2.04. The monoisotopic (exact) mass is 300 g/mol. The molecule has 0 spiro atoms. The smallest absolute Gasteiger partial charge is 0.321 e. The molecule has 1 aromatic carbocycles. The van der Waals surface area contributed by atoms with Crippen molar-refractivity contribution >= 4 is 22.6 Å². The molecule has 5 nitrogen and oxygen atoms in total. The number of likely N-dealkylation sites (tertiary alicyclic amines) is 1. The number of aromatic nitrogens is 1. The number of anilines is 1. The number of amides is 2. The van der Waals surface area contributed by atoms with Crippen LogP contribution in [0.3, 0.4) is 0 Å². The molecule has 3 rings (SSSR count). The molecule has 0 radical (unpaired) electrons. The predicted octanol–water partition coefficient (Wildman–Crippen LogP) is 2.74. The molecule has 0 atom stereocenters. The maximum absolute atomic E-state index is 12.5. The Hall–Kier alpha value is -2.01. The van der Waals surface area contributed by atoms with E-state index in [1.807, 2.05) is 48.0 Å².